The van der Waals surface area contributed by atoms with Crippen LogP contribution < -0.4 is 5.73 Å². The molecule has 1 nitrogen and oxygen atoms in total. The fraction of sp³-hybridized carbons (Fsp3) is 0.250. The number of para-hydroxylation sites is 1. The van der Waals surface area contributed by atoms with Crippen LogP contribution in [0.1, 0.15) is 30.9 Å². The second-order valence-corrected chi connectivity index (χ2v) is 5.74. The number of benzene rings is 2. The number of nitrogens with two attached hydrogens (primary N) is 1. The van der Waals surface area contributed by atoms with Crippen molar-refractivity contribution >= 4 is 17.4 Å². The van der Waals surface area contributed by atoms with Crippen LogP contribution in [0, 0.1) is 0 Å². The van der Waals surface area contributed by atoms with Gasteiger partial charge in [-0.2, -0.15) is 0 Å². The van der Waals surface area contributed by atoms with Gasteiger partial charge in [-0.15, -0.1) is 11.8 Å². The zero-order chi connectivity index (χ0) is 13.0. The minimum atomic E-state index is 0.594. The van der Waals surface area contributed by atoms with E-state index in [0.29, 0.717) is 5.92 Å². The molecule has 0 amide bonds. The van der Waals surface area contributed by atoms with E-state index in [1.807, 2.05) is 18.2 Å². The van der Waals surface area contributed by atoms with Crippen molar-refractivity contribution in [2.24, 2.45) is 0 Å². The molecule has 0 saturated heterocycles. The van der Waals surface area contributed by atoms with E-state index in [2.05, 4.69) is 44.2 Å². The third kappa shape index (κ3) is 3.30. The summed E-state index contributed by atoms with van der Waals surface area (Å²) in [5.74, 6) is 1.56. The van der Waals surface area contributed by atoms with E-state index in [4.69, 9.17) is 5.73 Å². The molecule has 2 N–H and O–H groups in total. The van der Waals surface area contributed by atoms with Gasteiger partial charge in [-0.05, 0) is 29.2 Å². The molecule has 18 heavy (non-hydrogen) atoms. The summed E-state index contributed by atoms with van der Waals surface area (Å²) < 4.78 is 0. The summed E-state index contributed by atoms with van der Waals surface area (Å²) in [7, 11) is 0. The van der Waals surface area contributed by atoms with Crippen LogP contribution in [0.5, 0.6) is 0 Å². The molecule has 0 unspecified atom stereocenters. The van der Waals surface area contributed by atoms with Crippen molar-refractivity contribution in [3.63, 3.8) is 0 Å². The molecule has 0 bridgehead atoms. The minimum Gasteiger partial charge on any atom is -0.398 e. The van der Waals surface area contributed by atoms with Gasteiger partial charge < -0.3 is 5.73 Å². The number of hydrogen-bond acceptors (Lipinski definition) is 2. The Bertz CT molecular complexity index is 503. The van der Waals surface area contributed by atoms with Gasteiger partial charge in [0.2, 0.25) is 0 Å². The SMILES string of the molecule is CC(C)c1ccc(CSc2ccccc2N)cc1. The van der Waals surface area contributed by atoms with Gasteiger partial charge in [0, 0.05) is 16.3 Å². The molecule has 94 valence electrons. The van der Waals surface area contributed by atoms with Crippen LogP contribution in [0.3, 0.4) is 0 Å². The van der Waals surface area contributed by atoms with Crippen LogP contribution in [0.25, 0.3) is 0 Å². The highest BCUT2D eigenvalue weighted by Gasteiger charge is 2.01. The van der Waals surface area contributed by atoms with Gasteiger partial charge in [0.15, 0.2) is 0 Å². The molecule has 0 saturated carbocycles. The van der Waals surface area contributed by atoms with Crippen LogP contribution >= 0.6 is 11.8 Å². The summed E-state index contributed by atoms with van der Waals surface area (Å²) in [6.07, 6.45) is 0. The number of rotatable bonds is 4. The van der Waals surface area contributed by atoms with Crippen LogP contribution in [0.4, 0.5) is 5.69 Å². The number of anilines is 1. The van der Waals surface area contributed by atoms with Gasteiger partial charge in [0.1, 0.15) is 0 Å². The van der Waals surface area contributed by atoms with Crippen molar-refractivity contribution in [3.8, 4) is 0 Å². The normalized spacial score (nSPS) is 10.8. The van der Waals surface area contributed by atoms with Crippen molar-refractivity contribution in [3.05, 3.63) is 59.7 Å². The zero-order valence-corrected chi connectivity index (χ0v) is 11.7. The summed E-state index contributed by atoms with van der Waals surface area (Å²) in [6, 6.07) is 16.9. The van der Waals surface area contributed by atoms with Crippen molar-refractivity contribution in [2.45, 2.75) is 30.4 Å². The third-order valence-corrected chi connectivity index (χ3v) is 4.12. The van der Waals surface area contributed by atoms with Gasteiger partial charge in [-0.25, -0.2) is 0 Å². The van der Waals surface area contributed by atoms with Gasteiger partial charge in [0.05, 0.1) is 0 Å². The lowest BCUT2D eigenvalue weighted by Gasteiger charge is -2.08. The van der Waals surface area contributed by atoms with E-state index in [1.54, 1.807) is 11.8 Å². The summed E-state index contributed by atoms with van der Waals surface area (Å²) in [5.41, 5.74) is 9.52. The van der Waals surface area contributed by atoms with E-state index >= 15 is 0 Å². The maximum absolute atomic E-state index is 5.93. The third-order valence-electron chi connectivity index (χ3n) is 2.96. The first-order chi connectivity index (χ1) is 8.66. The molecule has 0 aliphatic carbocycles. The highest BCUT2D eigenvalue weighted by Crippen LogP contribution is 2.28. The van der Waals surface area contributed by atoms with E-state index in [0.717, 1.165) is 16.3 Å². The molecule has 0 aromatic heterocycles. The Morgan fingerprint density at radius 2 is 1.67 bits per heavy atom. The predicted octanol–water partition coefficient (Wildman–Crippen LogP) is 4.68. The lowest BCUT2D eigenvalue weighted by atomic mass is 10.0. The molecule has 0 atom stereocenters. The average molecular weight is 257 g/mol. The Morgan fingerprint density at radius 1 is 1.00 bits per heavy atom. The average Bonchev–Trinajstić information content (AvgIpc) is 2.38. The number of hydrogen-bond donors (Lipinski definition) is 1. The predicted molar refractivity (Wildman–Crippen MR) is 80.9 cm³/mol. The summed E-state index contributed by atoms with van der Waals surface area (Å²) >= 11 is 1.79. The van der Waals surface area contributed by atoms with Crippen LogP contribution in [-0.4, -0.2) is 0 Å². The van der Waals surface area contributed by atoms with E-state index in [-0.39, 0.29) is 0 Å². The van der Waals surface area contributed by atoms with Gasteiger partial charge in [-0.1, -0.05) is 50.2 Å². The first-order valence-corrected chi connectivity index (χ1v) is 7.21. The van der Waals surface area contributed by atoms with Crippen molar-refractivity contribution in [2.75, 3.05) is 5.73 Å². The zero-order valence-electron chi connectivity index (χ0n) is 10.9. The van der Waals surface area contributed by atoms with Crippen molar-refractivity contribution in [1.29, 1.82) is 0 Å². The molecule has 0 heterocycles. The second kappa shape index (κ2) is 5.96. The molecule has 2 aromatic rings. The Kier molecular flexibility index (Phi) is 4.32. The molecular weight excluding hydrogens is 238 g/mol. The first-order valence-electron chi connectivity index (χ1n) is 6.23. The maximum Gasteiger partial charge on any atom is 0.0452 e. The Balaban J connectivity index is 2.00. The van der Waals surface area contributed by atoms with E-state index < -0.39 is 0 Å². The Labute approximate surface area is 113 Å². The minimum absolute atomic E-state index is 0.594. The molecule has 0 radical (unpaired) electrons. The van der Waals surface area contributed by atoms with E-state index in [9.17, 15) is 0 Å². The Hall–Kier alpha value is -1.41. The highest BCUT2D eigenvalue weighted by molar-refractivity contribution is 7.98. The van der Waals surface area contributed by atoms with Gasteiger partial charge in [-0.3, -0.25) is 0 Å². The fourth-order valence-electron chi connectivity index (χ4n) is 1.77. The Morgan fingerprint density at radius 3 is 2.28 bits per heavy atom. The second-order valence-electron chi connectivity index (χ2n) is 4.72. The van der Waals surface area contributed by atoms with Crippen LogP contribution in [0.15, 0.2) is 53.4 Å². The van der Waals surface area contributed by atoms with Crippen LogP contribution in [0.2, 0.25) is 0 Å². The standard InChI is InChI=1S/C16H19NS/c1-12(2)14-9-7-13(8-10-14)11-18-16-6-4-3-5-15(16)17/h3-10,12H,11,17H2,1-2H3. The first kappa shape index (κ1) is 13.0. The lowest BCUT2D eigenvalue weighted by Crippen LogP contribution is -1.90. The highest BCUT2D eigenvalue weighted by atomic mass is 32.2. The summed E-state index contributed by atoms with van der Waals surface area (Å²) in [6.45, 7) is 4.43. The van der Waals surface area contributed by atoms with Crippen molar-refractivity contribution < 1.29 is 0 Å². The molecule has 2 heteroatoms. The topological polar surface area (TPSA) is 26.0 Å². The fourth-order valence-corrected chi connectivity index (χ4v) is 2.70. The van der Waals surface area contributed by atoms with E-state index in [1.165, 1.54) is 11.1 Å². The molecule has 2 aromatic carbocycles. The summed E-state index contributed by atoms with van der Waals surface area (Å²) in [4.78, 5) is 1.16. The number of nitrogen functional groups attached to an aromatic ring is 1. The van der Waals surface area contributed by atoms with Gasteiger partial charge >= 0.3 is 0 Å². The largest absolute Gasteiger partial charge is 0.398 e. The molecular formula is C16H19NS. The van der Waals surface area contributed by atoms with Gasteiger partial charge in [0.25, 0.3) is 0 Å². The number of thioether (sulfide) groups is 1. The monoisotopic (exact) mass is 257 g/mol. The molecule has 0 aliphatic heterocycles. The smallest absolute Gasteiger partial charge is 0.0452 e. The lowest BCUT2D eigenvalue weighted by molar-refractivity contribution is 0.866. The van der Waals surface area contributed by atoms with Crippen LogP contribution in [-0.2, 0) is 5.75 Å². The molecule has 0 aliphatic rings. The van der Waals surface area contributed by atoms with Crippen molar-refractivity contribution in [1.82, 2.24) is 0 Å². The molecule has 0 fully saturated rings. The summed E-state index contributed by atoms with van der Waals surface area (Å²) in [5, 5.41) is 0. The molecule has 0 spiro atoms. The quantitative estimate of drug-likeness (QED) is 0.635. The molecule has 2 rings (SSSR count). The maximum atomic E-state index is 5.93.